The van der Waals surface area contributed by atoms with Crippen molar-refractivity contribution in [3.05, 3.63) is 0 Å². The topological polar surface area (TPSA) is 12.0 Å². The molecule has 0 aromatic heterocycles. The number of hydrogen-bond donors (Lipinski definition) is 1. The molecule has 0 heterocycles. The van der Waals surface area contributed by atoms with Gasteiger partial charge in [-0.25, -0.2) is 0 Å². The van der Waals surface area contributed by atoms with Crippen molar-refractivity contribution < 1.29 is 0 Å². The van der Waals surface area contributed by atoms with Crippen LogP contribution in [0, 0.1) is 0 Å². The van der Waals surface area contributed by atoms with Gasteiger partial charge in [0.2, 0.25) is 0 Å². The zero-order valence-electron chi connectivity index (χ0n) is 7.77. The molecule has 1 fully saturated rings. The monoisotopic (exact) mass is 152 g/mol. The maximum atomic E-state index is 3.58. The highest BCUT2D eigenvalue weighted by molar-refractivity contribution is 5.75. The van der Waals surface area contributed by atoms with Gasteiger partial charge < -0.3 is 5.32 Å². The molecule has 0 unspecified atom stereocenters. The van der Waals surface area contributed by atoms with Crippen LogP contribution in [0.2, 0.25) is 0 Å². The first kappa shape index (κ1) is 11.0. The summed E-state index contributed by atoms with van der Waals surface area (Å²) < 4.78 is 0. The quantitative estimate of drug-likeness (QED) is 0.596. The lowest BCUT2D eigenvalue weighted by Gasteiger charge is -2.24. The molecule has 0 saturated heterocycles. The van der Waals surface area contributed by atoms with Gasteiger partial charge in [0, 0.05) is 20.5 Å². The van der Waals surface area contributed by atoms with E-state index < -0.39 is 0 Å². The Morgan fingerprint density at radius 3 is 2.09 bits per heavy atom. The van der Waals surface area contributed by atoms with Crippen LogP contribution in [0.5, 0.6) is 0 Å². The molecule has 63 valence electrons. The zero-order valence-corrected chi connectivity index (χ0v) is 7.77. The van der Waals surface area contributed by atoms with E-state index in [1.165, 1.54) is 32.1 Å². The molecule has 2 heteroatoms. The van der Waals surface area contributed by atoms with E-state index in [4.69, 9.17) is 0 Å². The van der Waals surface area contributed by atoms with Crippen molar-refractivity contribution in [1.82, 2.24) is 5.32 Å². The Morgan fingerprint density at radius 2 is 1.64 bits per heavy atom. The van der Waals surface area contributed by atoms with Gasteiger partial charge in [0.1, 0.15) is 0 Å². The molecule has 1 N–H and O–H groups in total. The van der Waals surface area contributed by atoms with Gasteiger partial charge in [0.05, 0.1) is 0 Å². The molecule has 0 aliphatic heterocycles. The second-order valence-electron chi connectivity index (χ2n) is 3.66. The fourth-order valence-electron chi connectivity index (χ4n) is 1.74. The van der Waals surface area contributed by atoms with Crippen molar-refractivity contribution in [3.8, 4) is 0 Å². The van der Waals surface area contributed by atoms with Gasteiger partial charge >= 0.3 is 0 Å². The summed E-state index contributed by atoms with van der Waals surface area (Å²) in [5.74, 6) is 0. The van der Waals surface area contributed by atoms with Gasteiger partial charge in [0.15, 0.2) is 0 Å². The van der Waals surface area contributed by atoms with E-state index in [0.717, 1.165) is 6.04 Å². The number of nitrogens with one attached hydrogen (secondary N) is 1. The SMILES string of the molecule is CC(C)NC1CCCCC1.[B]. The molecule has 1 rings (SSSR count). The average Bonchev–Trinajstić information content (AvgIpc) is 1.88. The van der Waals surface area contributed by atoms with Gasteiger partial charge in [-0.2, -0.15) is 0 Å². The first-order chi connectivity index (χ1) is 4.79. The van der Waals surface area contributed by atoms with E-state index in [9.17, 15) is 0 Å². The molecule has 1 aliphatic carbocycles. The second kappa shape index (κ2) is 5.65. The van der Waals surface area contributed by atoms with Crippen LogP contribution in [0.15, 0.2) is 0 Å². The van der Waals surface area contributed by atoms with Gasteiger partial charge in [-0.05, 0) is 12.8 Å². The van der Waals surface area contributed by atoms with Gasteiger partial charge in [-0.15, -0.1) is 0 Å². The zero-order chi connectivity index (χ0) is 7.40. The van der Waals surface area contributed by atoms with Gasteiger partial charge in [0.25, 0.3) is 0 Å². The fraction of sp³-hybridized carbons (Fsp3) is 1.00. The summed E-state index contributed by atoms with van der Waals surface area (Å²) in [6.07, 6.45) is 7.13. The van der Waals surface area contributed by atoms with E-state index in [1.54, 1.807) is 0 Å². The Balaban J connectivity index is 0.000001000. The van der Waals surface area contributed by atoms with Gasteiger partial charge in [-0.3, -0.25) is 0 Å². The highest BCUT2D eigenvalue weighted by atomic mass is 14.9. The normalized spacial score (nSPS) is 19.9. The maximum absolute atomic E-state index is 3.58. The van der Waals surface area contributed by atoms with Crippen LogP contribution in [0.1, 0.15) is 46.0 Å². The van der Waals surface area contributed by atoms with E-state index in [1.807, 2.05) is 0 Å². The first-order valence-corrected chi connectivity index (χ1v) is 4.55. The molecule has 11 heavy (non-hydrogen) atoms. The highest BCUT2D eigenvalue weighted by Crippen LogP contribution is 2.17. The van der Waals surface area contributed by atoms with E-state index in [-0.39, 0.29) is 8.41 Å². The molecule has 1 aliphatic rings. The molecule has 0 aromatic rings. The third kappa shape index (κ3) is 4.46. The smallest absolute Gasteiger partial charge is 0.00694 e. The third-order valence-corrected chi connectivity index (χ3v) is 2.17. The minimum Gasteiger partial charge on any atom is -0.312 e. The van der Waals surface area contributed by atoms with Crippen LogP contribution in [-0.2, 0) is 0 Å². The summed E-state index contributed by atoms with van der Waals surface area (Å²) >= 11 is 0. The van der Waals surface area contributed by atoms with Crippen molar-refractivity contribution >= 4 is 8.41 Å². The van der Waals surface area contributed by atoms with E-state index in [0.29, 0.717) is 6.04 Å². The molecule has 0 amide bonds. The van der Waals surface area contributed by atoms with Crippen LogP contribution >= 0.6 is 0 Å². The predicted molar refractivity (Wildman–Crippen MR) is 50.9 cm³/mol. The molecule has 0 bridgehead atoms. The Bertz CT molecular complexity index is 87.6. The Morgan fingerprint density at radius 1 is 1.09 bits per heavy atom. The van der Waals surface area contributed by atoms with Crippen molar-refractivity contribution in [2.45, 2.75) is 58.0 Å². The third-order valence-electron chi connectivity index (χ3n) is 2.17. The maximum Gasteiger partial charge on any atom is 0.00694 e. The van der Waals surface area contributed by atoms with E-state index >= 15 is 0 Å². The van der Waals surface area contributed by atoms with Crippen LogP contribution in [0.3, 0.4) is 0 Å². The van der Waals surface area contributed by atoms with Crippen LogP contribution < -0.4 is 5.32 Å². The summed E-state index contributed by atoms with van der Waals surface area (Å²) in [6, 6.07) is 1.50. The van der Waals surface area contributed by atoms with Crippen molar-refractivity contribution in [2.75, 3.05) is 0 Å². The minimum atomic E-state index is 0. The van der Waals surface area contributed by atoms with Crippen molar-refractivity contribution in [3.63, 3.8) is 0 Å². The lowest BCUT2D eigenvalue weighted by molar-refractivity contribution is 0.352. The van der Waals surface area contributed by atoms with Crippen LogP contribution in [-0.4, -0.2) is 20.5 Å². The highest BCUT2D eigenvalue weighted by Gasteiger charge is 2.12. The predicted octanol–water partition coefficient (Wildman–Crippen LogP) is 1.94. The lowest BCUT2D eigenvalue weighted by atomic mass is 9.95. The number of hydrogen-bond acceptors (Lipinski definition) is 1. The molecular weight excluding hydrogens is 133 g/mol. The van der Waals surface area contributed by atoms with Crippen LogP contribution in [0.4, 0.5) is 0 Å². The molecule has 1 nitrogen and oxygen atoms in total. The molecule has 0 spiro atoms. The van der Waals surface area contributed by atoms with Crippen molar-refractivity contribution in [1.29, 1.82) is 0 Å². The van der Waals surface area contributed by atoms with E-state index in [2.05, 4.69) is 19.2 Å². The van der Waals surface area contributed by atoms with Crippen LogP contribution in [0.25, 0.3) is 0 Å². The molecule has 0 atom stereocenters. The fourth-order valence-corrected chi connectivity index (χ4v) is 1.74. The summed E-state index contributed by atoms with van der Waals surface area (Å²) in [4.78, 5) is 0. The minimum absolute atomic E-state index is 0. The summed E-state index contributed by atoms with van der Waals surface area (Å²) in [6.45, 7) is 4.46. The Kier molecular flexibility index (Phi) is 5.66. The standard InChI is InChI=1S/C9H19N.B/c1-8(2)10-9-6-4-3-5-7-9;/h8-10H,3-7H2,1-2H3;. The molecule has 3 radical (unpaired) electrons. The average molecular weight is 152 g/mol. The summed E-state index contributed by atoms with van der Waals surface area (Å²) in [7, 11) is 0. The Labute approximate surface area is 72.5 Å². The molecule has 1 saturated carbocycles. The first-order valence-electron chi connectivity index (χ1n) is 4.55. The molecular formula is C9H19BN. The largest absolute Gasteiger partial charge is 0.312 e. The summed E-state index contributed by atoms with van der Waals surface area (Å²) in [5.41, 5.74) is 0. The van der Waals surface area contributed by atoms with Crippen molar-refractivity contribution in [2.24, 2.45) is 0 Å². The number of rotatable bonds is 2. The van der Waals surface area contributed by atoms with Gasteiger partial charge in [-0.1, -0.05) is 33.1 Å². The summed E-state index contributed by atoms with van der Waals surface area (Å²) in [5, 5.41) is 3.58. The lowest BCUT2D eigenvalue weighted by Crippen LogP contribution is -2.35. The molecule has 0 aromatic carbocycles. The Hall–Kier alpha value is 0.0249. The second-order valence-corrected chi connectivity index (χ2v) is 3.66.